The van der Waals surface area contributed by atoms with Crippen LogP contribution < -0.4 is 4.90 Å². The van der Waals surface area contributed by atoms with Gasteiger partial charge >= 0.3 is 0 Å². The molecular formula is C18H15N5OS. The van der Waals surface area contributed by atoms with E-state index in [1.54, 1.807) is 36.7 Å². The summed E-state index contributed by atoms with van der Waals surface area (Å²) in [6.45, 7) is 1.74. The molecule has 3 heterocycles. The molecule has 3 aromatic rings. The zero-order chi connectivity index (χ0) is 17.2. The fourth-order valence-corrected chi connectivity index (χ4v) is 3.93. The standard InChI is InChI=1S/C18H15N5OS/c19-10-13-3-1-4-14(9-13)17(24)16-11-20-18(25-16)22-8-5-15(12-22)23-7-2-6-21-23/h1-4,6-7,9,11,15H,5,8,12H2. The number of nitriles is 1. The molecule has 2 aromatic heterocycles. The van der Waals surface area contributed by atoms with E-state index in [0.29, 0.717) is 22.0 Å². The first kappa shape index (κ1) is 15.5. The molecule has 1 unspecified atom stereocenters. The van der Waals surface area contributed by atoms with Gasteiger partial charge in [0.1, 0.15) is 0 Å². The number of anilines is 1. The molecule has 6 nitrogen and oxygen atoms in total. The minimum atomic E-state index is -0.0938. The molecule has 0 bridgehead atoms. The number of ketones is 1. The molecule has 1 aliphatic rings. The van der Waals surface area contributed by atoms with Gasteiger partial charge in [-0.2, -0.15) is 10.4 Å². The van der Waals surface area contributed by atoms with Crippen molar-refractivity contribution in [2.24, 2.45) is 0 Å². The van der Waals surface area contributed by atoms with Crippen LogP contribution >= 0.6 is 11.3 Å². The molecule has 4 rings (SSSR count). The Balaban J connectivity index is 1.51. The van der Waals surface area contributed by atoms with Gasteiger partial charge in [0.15, 0.2) is 5.13 Å². The summed E-state index contributed by atoms with van der Waals surface area (Å²) in [6, 6.07) is 11.1. The Bertz CT molecular complexity index is 941. The number of benzene rings is 1. The Morgan fingerprint density at radius 1 is 1.36 bits per heavy atom. The van der Waals surface area contributed by atoms with Crippen molar-refractivity contribution in [2.75, 3.05) is 18.0 Å². The van der Waals surface area contributed by atoms with E-state index in [-0.39, 0.29) is 5.78 Å². The Kier molecular flexibility index (Phi) is 4.04. The van der Waals surface area contributed by atoms with Gasteiger partial charge in [-0.3, -0.25) is 9.48 Å². The van der Waals surface area contributed by atoms with Crippen LogP contribution in [0.3, 0.4) is 0 Å². The van der Waals surface area contributed by atoms with E-state index < -0.39 is 0 Å². The Hall–Kier alpha value is -2.98. The second kappa shape index (κ2) is 6.49. The highest BCUT2D eigenvalue weighted by Gasteiger charge is 2.26. The number of carbonyl (C=O) groups excluding carboxylic acids is 1. The number of thiazole rings is 1. The predicted octanol–water partition coefficient (Wildman–Crippen LogP) is 2.89. The van der Waals surface area contributed by atoms with E-state index in [2.05, 4.69) is 21.1 Å². The highest BCUT2D eigenvalue weighted by Crippen LogP contribution is 2.30. The van der Waals surface area contributed by atoms with Crippen molar-refractivity contribution in [3.8, 4) is 6.07 Å². The molecule has 0 spiro atoms. The molecule has 1 saturated heterocycles. The molecule has 1 atom stereocenters. The van der Waals surface area contributed by atoms with Crippen LogP contribution in [-0.4, -0.2) is 33.6 Å². The Morgan fingerprint density at radius 2 is 2.28 bits per heavy atom. The zero-order valence-electron chi connectivity index (χ0n) is 13.4. The maximum Gasteiger partial charge on any atom is 0.204 e. The lowest BCUT2D eigenvalue weighted by atomic mass is 10.1. The van der Waals surface area contributed by atoms with E-state index >= 15 is 0 Å². The highest BCUT2D eigenvalue weighted by molar-refractivity contribution is 7.17. The lowest BCUT2D eigenvalue weighted by molar-refractivity contribution is 0.104. The maximum absolute atomic E-state index is 12.6. The van der Waals surface area contributed by atoms with Crippen LogP contribution in [-0.2, 0) is 0 Å². The van der Waals surface area contributed by atoms with Crippen molar-refractivity contribution >= 4 is 22.3 Å². The van der Waals surface area contributed by atoms with Crippen molar-refractivity contribution in [3.05, 3.63) is 64.9 Å². The molecule has 0 aliphatic carbocycles. The minimum Gasteiger partial charge on any atom is -0.346 e. The van der Waals surface area contributed by atoms with Gasteiger partial charge < -0.3 is 4.90 Å². The Morgan fingerprint density at radius 3 is 3.08 bits per heavy atom. The molecule has 1 fully saturated rings. The van der Waals surface area contributed by atoms with Crippen LogP contribution in [0.25, 0.3) is 0 Å². The first-order valence-corrected chi connectivity index (χ1v) is 8.81. The molecule has 7 heteroatoms. The molecule has 1 aliphatic heterocycles. The molecule has 0 amide bonds. The second-order valence-electron chi connectivity index (χ2n) is 5.90. The smallest absolute Gasteiger partial charge is 0.204 e. The fraction of sp³-hybridized carbons (Fsp3) is 0.222. The average Bonchev–Trinajstić information content (AvgIpc) is 3.41. The van der Waals surface area contributed by atoms with E-state index in [0.717, 1.165) is 24.6 Å². The monoisotopic (exact) mass is 349 g/mol. The summed E-state index contributed by atoms with van der Waals surface area (Å²) < 4.78 is 1.98. The van der Waals surface area contributed by atoms with Crippen molar-refractivity contribution in [2.45, 2.75) is 12.5 Å². The van der Waals surface area contributed by atoms with Crippen molar-refractivity contribution in [1.29, 1.82) is 5.26 Å². The van der Waals surface area contributed by atoms with Crippen LogP contribution in [0.2, 0.25) is 0 Å². The van der Waals surface area contributed by atoms with Gasteiger partial charge in [0, 0.05) is 31.0 Å². The SMILES string of the molecule is N#Cc1cccc(C(=O)c2cnc(N3CCC(n4cccn4)C3)s2)c1. The molecule has 0 N–H and O–H groups in total. The maximum atomic E-state index is 12.6. The molecular weight excluding hydrogens is 334 g/mol. The molecule has 124 valence electrons. The quantitative estimate of drug-likeness (QED) is 0.677. The minimum absolute atomic E-state index is 0.0938. The number of nitrogens with zero attached hydrogens (tertiary/aromatic N) is 5. The second-order valence-corrected chi connectivity index (χ2v) is 6.91. The van der Waals surface area contributed by atoms with E-state index in [4.69, 9.17) is 5.26 Å². The van der Waals surface area contributed by atoms with Gasteiger partial charge in [0.25, 0.3) is 0 Å². The van der Waals surface area contributed by atoms with E-state index in [1.807, 2.05) is 16.9 Å². The first-order valence-electron chi connectivity index (χ1n) is 7.99. The summed E-state index contributed by atoms with van der Waals surface area (Å²) in [4.78, 5) is 19.8. The van der Waals surface area contributed by atoms with Crippen LogP contribution in [0.4, 0.5) is 5.13 Å². The summed E-state index contributed by atoms with van der Waals surface area (Å²) in [5, 5.41) is 14.1. The van der Waals surface area contributed by atoms with Gasteiger partial charge in [-0.1, -0.05) is 23.5 Å². The van der Waals surface area contributed by atoms with Gasteiger partial charge in [0.2, 0.25) is 5.78 Å². The van der Waals surface area contributed by atoms with E-state index in [9.17, 15) is 4.79 Å². The zero-order valence-corrected chi connectivity index (χ0v) is 14.2. The topological polar surface area (TPSA) is 74.8 Å². The predicted molar refractivity (Wildman–Crippen MR) is 94.8 cm³/mol. The van der Waals surface area contributed by atoms with Gasteiger partial charge in [-0.05, 0) is 24.6 Å². The summed E-state index contributed by atoms with van der Waals surface area (Å²) in [7, 11) is 0. The molecule has 1 aromatic carbocycles. The third kappa shape index (κ3) is 3.04. The van der Waals surface area contributed by atoms with Crippen LogP contribution in [0.1, 0.15) is 33.3 Å². The summed E-state index contributed by atoms with van der Waals surface area (Å²) >= 11 is 1.40. The summed E-state index contributed by atoms with van der Waals surface area (Å²) in [6.07, 6.45) is 6.41. The van der Waals surface area contributed by atoms with Crippen molar-refractivity contribution in [1.82, 2.24) is 14.8 Å². The number of aromatic nitrogens is 3. The van der Waals surface area contributed by atoms with Crippen LogP contribution in [0.5, 0.6) is 0 Å². The third-order valence-corrected chi connectivity index (χ3v) is 5.36. The normalized spacial score (nSPS) is 16.8. The number of carbonyl (C=O) groups is 1. The van der Waals surface area contributed by atoms with Crippen LogP contribution in [0, 0.1) is 11.3 Å². The van der Waals surface area contributed by atoms with Gasteiger partial charge in [-0.15, -0.1) is 0 Å². The lowest BCUT2D eigenvalue weighted by Crippen LogP contribution is -2.20. The molecule has 0 saturated carbocycles. The van der Waals surface area contributed by atoms with Crippen molar-refractivity contribution < 1.29 is 4.79 Å². The van der Waals surface area contributed by atoms with E-state index in [1.165, 1.54) is 11.3 Å². The van der Waals surface area contributed by atoms with Gasteiger partial charge in [0.05, 0.1) is 28.7 Å². The largest absolute Gasteiger partial charge is 0.346 e. The van der Waals surface area contributed by atoms with Crippen LogP contribution in [0.15, 0.2) is 48.9 Å². The Labute approximate surface area is 149 Å². The summed E-state index contributed by atoms with van der Waals surface area (Å²) in [5.41, 5.74) is 1.00. The van der Waals surface area contributed by atoms with Crippen molar-refractivity contribution in [3.63, 3.8) is 0 Å². The highest BCUT2D eigenvalue weighted by atomic mass is 32.1. The molecule has 0 radical (unpaired) electrons. The summed E-state index contributed by atoms with van der Waals surface area (Å²) in [5.74, 6) is -0.0938. The van der Waals surface area contributed by atoms with Gasteiger partial charge in [-0.25, -0.2) is 4.98 Å². The molecule has 25 heavy (non-hydrogen) atoms. The fourth-order valence-electron chi connectivity index (χ4n) is 3.02. The number of hydrogen-bond acceptors (Lipinski definition) is 6. The lowest BCUT2D eigenvalue weighted by Gasteiger charge is -2.14. The number of hydrogen-bond donors (Lipinski definition) is 0. The first-order chi connectivity index (χ1) is 12.2. The average molecular weight is 349 g/mol. The number of rotatable bonds is 4. The third-order valence-electron chi connectivity index (χ3n) is 4.30.